The fourth-order valence-electron chi connectivity index (χ4n) is 5.74. The van der Waals surface area contributed by atoms with Crippen LogP contribution in [0.25, 0.3) is 0 Å². The van der Waals surface area contributed by atoms with Gasteiger partial charge in [0, 0.05) is 15.6 Å². The molecule has 6 rings (SSSR count). The van der Waals surface area contributed by atoms with Gasteiger partial charge >= 0.3 is 0 Å². The summed E-state index contributed by atoms with van der Waals surface area (Å²) < 4.78 is 6.92. The van der Waals surface area contributed by atoms with Crippen LogP contribution in [-0.4, -0.2) is 29.0 Å². The third-order valence-corrected chi connectivity index (χ3v) is 7.99. The largest absolute Gasteiger partial charge is 0.349 e. The first-order valence-electron chi connectivity index (χ1n) is 11.3. The number of imide groups is 1. The minimum atomic E-state index is -2.07. The van der Waals surface area contributed by atoms with Gasteiger partial charge in [0.2, 0.25) is 29.0 Å². The maximum atomic E-state index is 14.0. The lowest BCUT2D eigenvalue weighted by Gasteiger charge is -2.28. The average molecular weight is 530 g/mol. The third-order valence-electron chi connectivity index (χ3n) is 7.36. The molecule has 7 heteroatoms. The van der Waals surface area contributed by atoms with Gasteiger partial charge in [0.1, 0.15) is 0 Å². The topological polar surface area (TPSA) is 80.8 Å². The Kier molecular flexibility index (Phi) is 4.75. The van der Waals surface area contributed by atoms with E-state index in [1.54, 1.807) is 30.3 Å². The first-order valence-corrected chi connectivity index (χ1v) is 12.1. The summed E-state index contributed by atoms with van der Waals surface area (Å²) >= 11 is 3.47. The highest BCUT2D eigenvalue weighted by atomic mass is 79.9. The molecule has 0 unspecified atom stereocenters. The number of carbonyl (C=O) groups excluding carboxylic acids is 4. The van der Waals surface area contributed by atoms with Gasteiger partial charge in [0.15, 0.2) is 0 Å². The zero-order valence-electron chi connectivity index (χ0n) is 18.9. The maximum Gasteiger partial charge on any atom is 0.241 e. The summed E-state index contributed by atoms with van der Waals surface area (Å²) in [6.07, 6.45) is -0.922. The van der Waals surface area contributed by atoms with Crippen molar-refractivity contribution in [1.29, 1.82) is 0 Å². The molecule has 0 aromatic heterocycles. The van der Waals surface area contributed by atoms with Gasteiger partial charge in [-0.05, 0) is 58.6 Å². The number of benzene rings is 3. The van der Waals surface area contributed by atoms with Crippen LogP contribution in [-0.2, 0) is 14.3 Å². The predicted molar refractivity (Wildman–Crippen MR) is 131 cm³/mol. The van der Waals surface area contributed by atoms with E-state index in [1.807, 2.05) is 50.2 Å². The van der Waals surface area contributed by atoms with Crippen LogP contribution in [0.5, 0.6) is 0 Å². The molecule has 174 valence electrons. The molecule has 3 aromatic carbocycles. The van der Waals surface area contributed by atoms with Gasteiger partial charge in [-0.2, -0.15) is 0 Å². The summed E-state index contributed by atoms with van der Waals surface area (Å²) in [5.41, 5.74) is 1.23. The normalized spacial score (nSPS) is 24.4. The molecule has 1 aliphatic carbocycles. The predicted octanol–water partition coefficient (Wildman–Crippen LogP) is 4.76. The zero-order valence-corrected chi connectivity index (χ0v) is 20.5. The second-order valence-corrected chi connectivity index (χ2v) is 10.2. The van der Waals surface area contributed by atoms with Gasteiger partial charge in [-0.15, -0.1) is 0 Å². The summed E-state index contributed by atoms with van der Waals surface area (Å²) in [7, 11) is 0. The van der Waals surface area contributed by atoms with Crippen molar-refractivity contribution in [2.75, 3.05) is 4.90 Å². The molecule has 0 bridgehead atoms. The molecule has 3 aromatic rings. The molecule has 35 heavy (non-hydrogen) atoms. The molecular weight excluding hydrogens is 510 g/mol. The lowest BCUT2D eigenvalue weighted by Crippen LogP contribution is -2.51. The molecule has 2 amide bonds. The highest BCUT2D eigenvalue weighted by Gasteiger charge is 2.74. The van der Waals surface area contributed by atoms with Crippen LogP contribution < -0.4 is 4.90 Å². The highest BCUT2D eigenvalue weighted by Crippen LogP contribution is 2.58. The van der Waals surface area contributed by atoms with Gasteiger partial charge in [-0.3, -0.25) is 19.2 Å². The quantitative estimate of drug-likeness (QED) is 0.353. The van der Waals surface area contributed by atoms with Crippen LogP contribution in [0.1, 0.15) is 43.5 Å². The van der Waals surface area contributed by atoms with Crippen LogP contribution in [0.4, 0.5) is 5.69 Å². The van der Waals surface area contributed by atoms with E-state index in [1.165, 1.54) is 0 Å². The van der Waals surface area contributed by atoms with Crippen LogP contribution in [0.2, 0.25) is 0 Å². The van der Waals surface area contributed by atoms with Crippen LogP contribution in [0, 0.1) is 25.7 Å². The minimum Gasteiger partial charge on any atom is -0.349 e. The fourth-order valence-corrected chi connectivity index (χ4v) is 6.41. The zero-order chi connectivity index (χ0) is 24.6. The number of nitrogens with zero attached hydrogens (tertiary/aromatic N) is 1. The smallest absolute Gasteiger partial charge is 0.241 e. The van der Waals surface area contributed by atoms with Crippen molar-refractivity contribution in [3.05, 3.63) is 99.0 Å². The number of carbonyl (C=O) groups is 4. The van der Waals surface area contributed by atoms with Crippen molar-refractivity contribution < 1.29 is 23.9 Å². The number of aryl methyl sites for hydroxylation is 2. The number of rotatable bonds is 2. The molecule has 3 atom stereocenters. The van der Waals surface area contributed by atoms with E-state index in [-0.39, 0.29) is 11.1 Å². The minimum absolute atomic E-state index is 0.219. The number of amides is 2. The summed E-state index contributed by atoms with van der Waals surface area (Å²) in [6.45, 7) is 3.78. The molecule has 2 aliphatic heterocycles. The average Bonchev–Trinajstić information content (AvgIpc) is 3.40. The number of halogens is 1. The SMILES string of the molecule is Cc1ccc(N2C(=O)[C@H]3[C@@H](C2=O)C2(O[C@H]3c3ccccc3C)C(=O)c3ccccc3C2=O)c(Br)c1. The Morgan fingerprint density at radius 3 is 2.09 bits per heavy atom. The van der Waals surface area contributed by atoms with Gasteiger partial charge in [-0.1, -0.05) is 54.6 Å². The molecule has 1 spiro atoms. The molecule has 2 heterocycles. The number of anilines is 1. The summed E-state index contributed by atoms with van der Waals surface area (Å²) in [4.78, 5) is 56.7. The molecule has 6 nitrogen and oxygen atoms in total. The van der Waals surface area contributed by atoms with Crippen molar-refractivity contribution >= 4 is 45.0 Å². The number of fused-ring (bicyclic) bond motifs is 3. The van der Waals surface area contributed by atoms with E-state index in [4.69, 9.17) is 4.74 Å². The van der Waals surface area contributed by atoms with E-state index in [2.05, 4.69) is 15.9 Å². The van der Waals surface area contributed by atoms with Gasteiger partial charge < -0.3 is 4.74 Å². The second kappa shape index (κ2) is 7.54. The van der Waals surface area contributed by atoms with Crippen molar-refractivity contribution in [1.82, 2.24) is 0 Å². The number of hydrogen-bond donors (Lipinski definition) is 0. The van der Waals surface area contributed by atoms with E-state index < -0.39 is 46.9 Å². The van der Waals surface area contributed by atoms with Crippen LogP contribution in [0.3, 0.4) is 0 Å². The second-order valence-electron chi connectivity index (χ2n) is 9.30. The van der Waals surface area contributed by atoms with E-state index in [9.17, 15) is 19.2 Å². The van der Waals surface area contributed by atoms with E-state index in [0.29, 0.717) is 15.7 Å². The third kappa shape index (κ3) is 2.79. The molecule has 0 saturated carbocycles. The monoisotopic (exact) mass is 529 g/mol. The first kappa shape index (κ1) is 22.1. The number of ether oxygens (including phenoxy) is 1. The Bertz CT molecular complexity index is 1440. The molecule has 2 fully saturated rings. The van der Waals surface area contributed by atoms with Crippen molar-refractivity contribution in [2.24, 2.45) is 11.8 Å². The van der Waals surface area contributed by atoms with E-state index >= 15 is 0 Å². The molecular formula is C28H20BrNO5. The molecule has 0 N–H and O–H groups in total. The van der Waals surface area contributed by atoms with Crippen molar-refractivity contribution in [3.63, 3.8) is 0 Å². The van der Waals surface area contributed by atoms with Crippen LogP contribution in [0.15, 0.2) is 71.2 Å². The highest BCUT2D eigenvalue weighted by molar-refractivity contribution is 9.10. The van der Waals surface area contributed by atoms with Crippen molar-refractivity contribution in [2.45, 2.75) is 25.6 Å². The summed E-state index contributed by atoms with van der Waals surface area (Å²) in [6, 6.07) is 19.2. The Morgan fingerprint density at radius 1 is 0.829 bits per heavy atom. The van der Waals surface area contributed by atoms with Gasteiger partial charge in [-0.25, -0.2) is 4.90 Å². The lowest BCUT2D eigenvalue weighted by molar-refractivity contribution is -0.127. The Labute approximate surface area is 210 Å². The number of ketones is 2. The summed E-state index contributed by atoms with van der Waals surface area (Å²) in [5.74, 6) is -4.48. The van der Waals surface area contributed by atoms with E-state index in [0.717, 1.165) is 16.0 Å². The van der Waals surface area contributed by atoms with Gasteiger partial charge in [0.25, 0.3) is 0 Å². The fraction of sp³-hybridized carbons (Fsp3) is 0.214. The Morgan fingerprint density at radius 2 is 1.46 bits per heavy atom. The Hall–Kier alpha value is -3.42. The van der Waals surface area contributed by atoms with Crippen molar-refractivity contribution in [3.8, 4) is 0 Å². The lowest BCUT2D eigenvalue weighted by atomic mass is 9.77. The van der Waals surface area contributed by atoms with Crippen LogP contribution >= 0.6 is 15.9 Å². The standard InChI is InChI=1S/C28H20BrNO5/c1-14-11-12-20(19(29)13-14)30-26(33)21-22(27(30)34)28(35-23(21)16-8-4-3-7-15(16)2)24(31)17-9-5-6-10-18(17)25(28)32/h3-13,21-23H,1-2H3/t21-,22-,23-/m0/s1. The van der Waals surface area contributed by atoms with Gasteiger partial charge in [0.05, 0.1) is 23.6 Å². The molecule has 3 aliphatic rings. The maximum absolute atomic E-state index is 14.0. The summed E-state index contributed by atoms with van der Waals surface area (Å²) in [5, 5.41) is 0. The molecule has 2 saturated heterocycles. The molecule has 0 radical (unpaired) electrons. The first-order chi connectivity index (χ1) is 16.8. The Balaban J connectivity index is 1.57. The number of Topliss-reactive ketones (excluding diaryl/α,β-unsaturated/α-hetero) is 2. The number of hydrogen-bond acceptors (Lipinski definition) is 5.